The number of carbonyl (C=O) groups is 2. The Morgan fingerprint density at radius 2 is 1.66 bits per heavy atom. The molecule has 0 bridgehead atoms. The highest BCUT2D eigenvalue weighted by atomic mass is 16.2. The van der Waals surface area contributed by atoms with Crippen LogP contribution in [0.2, 0.25) is 0 Å². The van der Waals surface area contributed by atoms with Crippen molar-refractivity contribution in [3.63, 3.8) is 0 Å². The van der Waals surface area contributed by atoms with E-state index in [0.29, 0.717) is 44.2 Å². The molecule has 2 heterocycles. The summed E-state index contributed by atoms with van der Waals surface area (Å²) in [4.78, 5) is 29.6. The normalized spacial score (nSPS) is 17.7. The monoisotopic (exact) mass is 394 g/mol. The number of carbonyl (C=O) groups excluding carboxylic acids is 2. The first-order valence-electron chi connectivity index (χ1n) is 10.8. The SMILES string of the molecule is CCc1c(C(=O)N2CCN(C(=O)C3CCCC3)CC2)cnn1Cc1ccccc1. The van der Waals surface area contributed by atoms with Gasteiger partial charge >= 0.3 is 0 Å². The van der Waals surface area contributed by atoms with E-state index in [1.807, 2.05) is 32.7 Å². The number of hydrogen-bond acceptors (Lipinski definition) is 3. The zero-order valence-electron chi connectivity index (χ0n) is 17.2. The fraction of sp³-hybridized carbons (Fsp3) is 0.522. The van der Waals surface area contributed by atoms with Crippen LogP contribution in [-0.4, -0.2) is 57.6 Å². The molecule has 6 nitrogen and oxygen atoms in total. The summed E-state index contributed by atoms with van der Waals surface area (Å²) >= 11 is 0. The van der Waals surface area contributed by atoms with Crippen molar-refractivity contribution in [2.75, 3.05) is 26.2 Å². The van der Waals surface area contributed by atoms with E-state index < -0.39 is 0 Å². The molecule has 2 fully saturated rings. The van der Waals surface area contributed by atoms with E-state index in [2.05, 4.69) is 24.2 Å². The highest BCUT2D eigenvalue weighted by Crippen LogP contribution is 2.27. The van der Waals surface area contributed by atoms with E-state index in [1.165, 1.54) is 18.4 Å². The van der Waals surface area contributed by atoms with Gasteiger partial charge in [-0.3, -0.25) is 14.3 Å². The summed E-state index contributed by atoms with van der Waals surface area (Å²) in [5.41, 5.74) is 2.84. The Morgan fingerprint density at radius 3 is 2.31 bits per heavy atom. The van der Waals surface area contributed by atoms with Crippen molar-refractivity contribution >= 4 is 11.8 Å². The standard InChI is InChI=1S/C23H30N4O2/c1-2-21-20(16-24-27(21)17-18-8-4-3-5-9-18)23(29)26-14-12-25(13-15-26)22(28)19-10-6-7-11-19/h3-5,8-9,16,19H,2,6-7,10-15,17H2,1H3. The third kappa shape index (κ3) is 4.21. The van der Waals surface area contributed by atoms with Crippen molar-refractivity contribution in [3.8, 4) is 0 Å². The number of amides is 2. The predicted molar refractivity (Wildman–Crippen MR) is 112 cm³/mol. The fourth-order valence-electron chi connectivity index (χ4n) is 4.59. The minimum Gasteiger partial charge on any atom is -0.339 e. The third-order valence-corrected chi connectivity index (χ3v) is 6.27. The molecule has 2 aromatic rings. The summed E-state index contributed by atoms with van der Waals surface area (Å²) in [6, 6.07) is 10.2. The average molecular weight is 395 g/mol. The summed E-state index contributed by atoms with van der Waals surface area (Å²) in [5, 5.41) is 4.50. The summed E-state index contributed by atoms with van der Waals surface area (Å²) < 4.78 is 1.93. The molecule has 1 aliphatic heterocycles. The van der Waals surface area contributed by atoms with Crippen LogP contribution in [0.1, 0.15) is 54.2 Å². The quantitative estimate of drug-likeness (QED) is 0.783. The summed E-state index contributed by atoms with van der Waals surface area (Å²) in [6.07, 6.45) is 6.86. The van der Waals surface area contributed by atoms with Gasteiger partial charge in [0.1, 0.15) is 0 Å². The lowest BCUT2D eigenvalue weighted by Crippen LogP contribution is -2.51. The number of benzene rings is 1. The van der Waals surface area contributed by atoms with Crippen molar-refractivity contribution in [2.24, 2.45) is 5.92 Å². The molecule has 1 saturated carbocycles. The highest BCUT2D eigenvalue weighted by molar-refractivity contribution is 5.95. The fourth-order valence-corrected chi connectivity index (χ4v) is 4.59. The second-order valence-corrected chi connectivity index (χ2v) is 8.10. The molecule has 0 unspecified atom stereocenters. The van der Waals surface area contributed by atoms with Gasteiger partial charge in [-0.25, -0.2) is 0 Å². The Morgan fingerprint density at radius 1 is 1.00 bits per heavy atom. The van der Waals surface area contributed by atoms with Crippen LogP contribution in [0.3, 0.4) is 0 Å². The number of hydrogen-bond donors (Lipinski definition) is 0. The van der Waals surface area contributed by atoms with Crippen LogP contribution >= 0.6 is 0 Å². The highest BCUT2D eigenvalue weighted by Gasteiger charge is 2.31. The van der Waals surface area contributed by atoms with E-state index in [0.717, 1.165) is 25.0 Å². The lowest BCUT2D eigenvalue weighted by Gasteiger charge is -2.36. The van der Waals surface area contributed by atoms with Gasteiger partial charge < -0.3 is 9.80 Å². The number of rotatable bonds is 5. The van der Waals surface area contributed by atoms with E-state index in [4.69, 9.17) is 0 Å². The van der Waals surface area contributed by atoms with Crippen LogP contribution in [0.15, 0.2) is 36.5 Å². The first kappa shape index (κ1) is 19.7. The van der Waals surface area contributed by atoms with Crippen LogP contribution in [0.25, 0.3) is 0 Å². The molecule has 1 aliphatic carbocycles. The largest absolute Gasteiger partial charge is 0.339 e. The molecule has 1 saturated heterocycles. The summed E-state index contributed by atoms with van der Waals surface area (Å²) in [5.74, 6) is 0.536. The molecule has 1 aromatic heterocycles. The molecule has 29 heavy (non-hydrogen) atoms. The van der Waals surface area contributed by atoms with Gasteiger partial charge in [-0.15, -0.1) is 0 Å². The minimum absolute atomic E-state index is 0.0362. The summed E-state index contributed by atoms with van der Waals surface area (Å²) in [6.45, 7) is 5.21. The van der Waals surface area contributed by atoms with E-state index in [1.54, 1.807) is 6.20 Å². The first-order valence-corrected chi connectivity index (χ1v) is 10.8. The maximum Gasteiger partial charge on any atom is 0.257 e. The number of nitrogens with zero attached hydrogens (tertiary/aromatic N) is 4. The maximum atomic E-state index is 13.1. The molecule has 0 N–H and O–H groups in total. The van der Waals surface area contributed by atoms with Gasteiger partial charge in [0.15, 0.2) is 0 Å². The lowest BCUT2D eigenvalue weighted by atomic mass is 10.1. The van der Waals surface area contributed by atoms with E-state index in [9.17, 15) is 9.59 Å². The molecule has 154 valence electrons. The lowest BCUT2D eigenvalue weighted by molar-refractivity contribution is -0.136. The van der Waals surface area contributed by atoms with Gasteiger partial charge in [-0.2, -0.15) is 5.10 Å². The smallest absolute Gasteiger partial charge is 0.257 e. The van der Waals surface area contributed by atoms with Gasteiger partial charge in [0.2, 0.25) is 5.91 Å². The zero-order valence-corrected chi connectivity index (χ0v) is 17.2. The molecule has 4 rings (SSSR count). The molecule has 6 heteroatoms. The topological polar surface area (TPSA) is 58.4 Å². The van der Waals surface area contributed by atoms with Crippen LogP contribution in [0.4, 0.5) is 0 Å². The van der Waals surface area contributed by atoms with Crippen LogP contribution in [-0.2, 0) is 17.8 Å². The van der Waals surface area contributed by atoms with Crippen LogP contribution < -0.4 is 0 Å². The molecule has 0 radical (unpaired) electrons. The summed E-state index contributed by atoms with van der Waals surface area (Å²) in [7, 11) is 0. The first-order chi connectivity index (χ1) is 14.2. The van der Waals surface area contributed by atoms with Gasteiger partial charge in [0.05, 0.1) is 24.0 Å². The Hall–Kier alpha value is -2.63. The van der Waals surface area contributed by atoms with Crippen LogP contribution in [0.5, 0.6) is 0 Å². The third-order valence-electron chi connectivity index (χ3n) is 6.27. The van der Waals surface area contributed by atoms with Gasteiger partial charge in [-0.1, -0.05) is 50.1 Å². The Bertz CT molecular complexity index is 847. The zero-order chi connectivity index (χ0) is 20.2. The van der Waals surface area contributed by atoms with Crippen molar-refractivity contribution in [3.05, 3.63) is 53.3 Å². The number of piperazine rings is 1. The molecule has 2 amide bonds. The van der Waals surface area contributed by atoms with Gasteiger partial charge in [-0.05, 0) is 24.8 Å². The number of aromatic nitrogens is 2. The van der Waals surface area contributed by atoms with E-state index >= 15 is 0 Å². The van der Waals surface area contributed by atoms with Gasteiger partial charge in [0, 0.05) is 32.1 Å². The van der Waals surface area contributed by atoms with Crippen molar-refractivity contribution in [1.82, 2.24) is 19.6 Å². The van der Waals surface area contributed by atoms with Gasteiger partial charge in [0.25, 0.3) is 5.91 Å². The molecular weight excluding hydrogens is 364 g/mol. The Labute approximate surface area is 172 Å². The Balaban J connectivity index is 1.40. The molecule has 2 aliphatic rings. The molecule has 0 spiro atoms. The maximum absolute atomic E-state index is 13.1. The second kappa shape index (κ2) is 8.80. The van der Waals surface area contributed by atoms with Crippen molar-refractivity contribution in [2.45, 2.75) is 45.6 Å². The van der Waals surface area contributed by atoms with Crippen molar-refractivity contribution in [1.29, 1.82) is 0 Å². The Kier molecular flexibility index (Phi) is 5.97. The van der Waals surface area contributed by atoms with Crippen molar-refractivity contribution < 1.29 is 9.59 Å². The molecule has 1 aromatic carbocycles. The predicted octanol–water partition coefficient (Wildman–Crippen LogP) is 2.97. The average Bonchev–Trinajstić information content (AvgIpc) is 3.44. The minimum atomic E-state index is 0.0362. The van der Waals surface area contributed by atoms with E-state index in [-0.39, 0.29) is 11.8 Å². The van der Waals surface area contributed by atoms with Crippen LogP contribution in [0, 0.1) is 5.92 Å². The molecular formula is C23H30N4O2. The molecule has 0 atom stereocenters. The second-order valence-electron chi connectivity index (χ2n) is 8.10.